The van der Waals surface area contributed by atoms with Gasteiger partial charge in [-0.25, -0.2) is 8.78 Å². The second kappa shape index (κ2) is 9.95. The predicted octanol–water partition coefficient (Wildman–Crippen LogP) is 4.62. The Morgan fingerprint density at radius 2 is 1.97 bits per heavy atom. The number of amides is 1. The van der Waals surface area contributed by atoms with E-state index in [1.165, 1.54) is 23.6 Å². The van der Waals surface area contributed by atoms with Crippen molar-refractivity contribution in [2.45, 2.75) is 27.4 Å². The molecule has 7 nitrogen and oxygen atoms in total. The molecule has 0 spiro atoms. The molecular weight excluding hydrogens is 500 g/mol. The summed E-state index contributed by atoms with van der Waals surface area (Å²) < 4.78 is 33.8. The average molecular weight is 520 g/mol. The van der Waals surface area contributed by atoms with Gasteiger partial charge in [-0.2, -0.15) is 4.98 Å². The Morgan fingerprint density at radius 1 is 1.24 bits per heavy atom. The maximum absolute atomic E-state index is 13.9. The number of hydrogen-bond acceptors (Lipinski definition) is 5. The second-order valence-corrected chi connectivity index (χ2v) is 8.00. The van der Waals surface area contributed by atoms with Crippen LogP contribution in [0.4, 0.5) is 8.78 Å². The summed E-state index contributed by atoms with van der Waals surface area (Å²) in [7, 11) is 0. The number of rotatable bonds is 6. The Bertz CT molecular complexity index is 1320. The highest BCUT2D eigenvalue weighted by atomic mass is 79.9. The largest absolute Gasteiger partial charge is 0.511 e. The first-order chi connectivity index (χ1) is 15.6. The Balaban J connectivity index is 1.96. The molecule has 0 bridgehead atoms. The Kier molecular flexibility index (Phi) is 7.27. The second-order valence-electron chi connectivity index (χ2n) is 7.20. The fourth-order valence-electron chi connectivity index (χ4n) is 2.99. The number of aliphatic hydroxyl groups excluding tert-OH is 1. The summed E-state index contributed by atoms with van der Waals surface area (Å²) >= 11 is 3.19. The van der Waals surface area contributed by atoms with Gasteiger partial charge in [-0.3, -0.25) is 14.2 Å². The number of allylic oxidation sites excluding steroid dienone is 1. The molecule has 0 aliphatic rings. The quantitative estimate of drug-likeness (QED) is 0.463. The van der Waals surface area contributed by atoms with Crippen molar-refractivity contribution < 1.29 is 23.4 Å². The zero-order chi connectivity index (χ0) is 24.3. The van der Waals surface area contributed by atoms with E-state index in [1.54, 1.807) is 26.0 Å². The molecule has 0 fully saturated rings. The lowest BCUT2D eigenvalue weighted by molar-refractivity contribution is 0.0968. The molecule has 0 unspecified atom stereocenters. The number of aliphatic hydroxyl groups is 1. The molecule has 2 N–H and O–H groups in total. The third-order valence-electron chi connectivity index (χ3n) is 4.67. The van der Waals surface area contributed by atoms with Crippen molar-refractivity contribution in [2.24, 2.45) is 0 Å². The van der Waals surface area contributed by atoms with E-state index in [0.717, 1.165) is 18.3 Å². The number of carbonyl (C=O) groups is 1. The monoisotopic (exact) mass is 519 g/mol. The van der Waals surface area contributed by atoms with Crippen LogP contribution >= 0.6 is 15.9 Å². The lowest BCUT2D eigenvalue weighted by Crippen LogP contribution is -2.25. The van der Waals surface area contributed by atoms with Gasteiger partial charge in [-0.1, -0.05) is 6.07 Å². The van der Waals surface area contributed by atoms with Gasteiger partial charge >= 0.3 is 0 Å². The number of carbonyl (C=O) groups excluding carboxylic acids is 1. The third-order valence-corrected chi connectivity index (χ3v) is 5.35. The zero-order valence-corrected chi connectivity index (χ0v) is 19.5. The van der Waals surface area contributed by atoms with Gasteiger partial charge in [0.2, 0.25) is 5.88 Å². The lowest BCUT2D eigenvalue weighted by Gasteiger charge is -2.16. The molecule has 0 radical (unpaired) electrons. The van der Waals surface area contributed by atoms with Gasteiger partial charge in [-0.15, -0.1) is 0 Å². The van der Waals surface area contributed by atoms with Crippen LogP contribution in [0.3, 0.4) is 0 Å². The Morgan fingerprint density at radius 3 is 2.64 bits per heavy atom. The van der Waals surface area contributed by atoms with E-state index in [9.17, 15) is 23.5 Å². The molecule has 0 aliphatic carbocycles. The molecule has 0 atom stereocenters. The van der Waals surface area contributed by atoms with Crippen molar-refractivity contribution in [2.75, 3.05) is 0 Å². The molecule has 1 aromatic heterocycles. The Labute approximate surface area is 196 Å². The molecule has 172 valence electrons. The number of nitrogens with one attached hydrogen (secondary N) is 1. The molecule has 1 heterocycles. The minimum atomic E-state index is -0.770. The van der Waals surface area contributed by atoms with Crippen molar-refractivity contribution in [3.63, 3.8) is 0 Å². The van der Waals surface area contributed by atoms with E-state index in [0.29, 0.717) is 11.3 Å². The minimum Gasteiger partial charge on any atom is -0.511 e. The van der Waals surface area contributed by atoms with Crippen LogP contribution in [-0.4, -0.2) is 20.6 Å². The van der Waals surface area contributed by atoms with Gasteiger partial charge in [0.05, 0.1) is 5.69 Å². The SMILES string of the molecule is C/C(O)=C\NC(=O)c1ccc(C)c(-n2c(C)nc(OCc3ccc(F)cc3F)c(Br)c2=O)c1. The van der Waals surface area contributed by atoms with Gasteiger partial charge in [0.1, 0.15) is 34.3 Å². The van der Waals surface area contributed by atoms with Crippen molar-refractivity contribution in [1.29, 1.82) is 0 Å². The highest BCUT2D eigenvalue weighted by Gasteiger charge is 2.18. The van der Waals surface area contributed by atoms with E-state index in [1.807, 2.05) is 0 Å². The maximum Gasteiger partial charge on any atom is 0.276 e. The van der Waals surface area contributed by atoms with Crippen LogP contribution in [0.15, 0.2) is 57.6 Å². The van der Waals surface area contributed by atoms with E-state index < -0.39 is 23.1 Å². The fourth-order valence-corrected chi connectivity index (χ4v) is 3.37. The van der Waals surface area contributed by atoms with Gasteiger partial charge in [0, 0.05) is 23.4 Å². The number of nitrogens with zero attached hydrogens (tertiary/aromatic N) is 2. The van der Waals surface area contributed by atoms with Gasteiger partial charge < -0.3 is 15.2 Å². The third kappa shape index (κ3) is 5.46. The van der Waals surface area contributed by atoms with E-state index in [-0.39, 0.29) is 39.7 Å². The standard InChI is InChI=1S/C23H20BrF2N3O4/c1-12-4-5-15(21(31)27-10-13(2)30)8-19(12)29-14(3)28-22(20(24)23(29)32)33-11-16-6-7-17(25)9-18(16)26/h4-10,30H,11H2,1-3H3,(H,27,31)/b13-10+. The summed E-state index contributed by atoms with van der Waals surface area (Å²) in [6.07, 6.45) is 1.16. The van der Waals surface area contributed by atoms with Crippen molar-refractivity contribution in [1.82, 2.24) is 14.9 Å². The fraction of sp³-hybridized carbons (Fsp3) is 0.174. The number of aromatic nitrogens is 2. The van der Waals surface area contributed by atoms with Crippen LogP contribution in [0.25, 0.3) is 5.69 Å². The maximum atomic E-state index is 13.9. The van der Waals surface area contributed by atoms with Crippen LogP contribution in [0.1, 0.15) is 34.2 Å². The Hall–Kier alpha value is -3.53. The molecule has 0 saturated heterocycles. The molecule has 2 aromatic carbocycles. The first kappa shape index (κ1) is 24.1. The number of hydrogen-bond donors (Lipinski definition) is 2. The van der Waals surface area contributed by atoms with E-state index in [2.05, 4.69) is 26.2 Å². The zero-order valence-electron chi connectivity index (χ0n) is 17.9. The minimum absolute atomic E-state index is 0.00344. The number of halogens is 3. The van der Waals surface area contributed by atoms with E-state index >= 15 is 0 Å². The number of ether oxygens (including phenoxy) is 1. The summed E-state index contributed by atoms with van der Waals surface area (Å²) in [4.78, 5) is 29.8. The van der Waals surface area contributed by atoms with Crippen LogP contribution in [-0.2, 0) is 6.61 Å². The van der Waals surface area contributed by atoms with Gasteiger partial charge in [0.15, 0.2) is 0 Å². The molecule has 1 amide bonds. The first-order valence-electron chi connectivity index (χ1n) is 9.72. The number of benzene rings is 2. The van der Waals surface area contributed by atoms with Crippen LogP contribution in [0.5, 0.6) is 5.88 Å². The summed E-state index contributed by atoms with van der Waals surface area (Å²) in [5.41, 5.74) is 1.01. The summed E-state index contributed by atoms with van der Waals surface area (Å²) in [5, 5.41) is 11.7. The van der Waals surface area contributed by atoms with Gasteiger partial charge in [0.25, 0.3) is 11.5 Å². The summed E-state index contributed by atoms with van der Waals surface area (Å²) in [6, 6.07) is 7.90. The van der Waals surface area contributed by atoms with Crippen LogP contribution in [0.2, 0.25) is 0 Å². The molecule has 3 aromatic rings. The first-order valence-corrected chi connectivity index (χ1v) is 10.5. The molecule has 33 heavy (non-hydrogen) atoms. The molecule has 10 heteroatoms. The van der Waals surface area contributed by atoms with Crippen molar-refractivity contribution in [3.05, 3.63) is 97.3 Å². The van der Waals surface area contributed by atoms with Crippen molar-refractivity contribution >= 4 is 21.8 Å². The predicted molar refractivity (Wildman–Crippen MR) is 122 cm³/mol. The smallest absolute Gasteiger partial charge is 0.276 e. The lowest BCUT2D eigenvalue weighted by atomic mass is 10.1. The molecular formula is C23H20BrF2N3O4. The van der Waals surface area contributed by atoms with E-state index in [4.69, 9.17) is 4.74 Å². The number of aryl methyl sites for hydroxylation is 2. The molecule has 0 aliphatic heterocycles. The van der Waals surface area contributed by atoms with Crippen LogP contribution < -0.4 is 15.6 Å². The molecule has 0 saturated carbocycles. The van der Waals surface area contributed by atoms with Crippen LogP contribution in [0, 0.1) is 25.5 Å². The topological polar surface area (TPSA) is 93.5 Å². The normalized spacial score (nSPS) is 11.4. The average Bonchev–Trinajstić information content (AvgIpc) is 2.75. The molecule has 3 rings (SSSR count). The van der Waals surface area contributed by atoms with Gasteiger partial charge in [-0.05, 0) is 66.5 Å². The summed E-state index contributed by atoms with van der Waals surface area (Å²) in [5.74, 6) is -1.79. The summed E-state index contributed by atoms with van der Waals surface area (Å²) in [6.45, 7) is 4.52. The highest BCUT2D eigenvalue weighted by molar-refractivity contribution is 9.10. The highest BCUT2D eigenvalue weighted by Crippen LogP contribution is 2.24. The van der Waals surface area contributed by atoms with Crippen molar-refractivity contribution in [3.8, 4) is 11.6 Å².